The van der Waals surface area contributed by atoms with Gasteiger partial charge in [-0.3, -0.25) is 0 Å². The molecular formula is C13H26N2. The first-order valence-electron chi connectivity index (χ1n) is 6.77. The fourth-order valence-corrected chi connectivity index (χ4v) is 3.37. The first kappa shape index (κ1) is 11.4. The van der Waals surface area contributed by atoms with E-state index in [1.807, 2.05) is 0 Å². The van der Waals surface area contributed by atoms with Crippen LogP contribution in [0.2, 0.25) is 0 Å². The largest absolute Gasteiger partial charge is 0.327 e. The minimum atomic E-state index is 0.420. The first-order chi connectivity index (χ1) is 7.29. The van der Waals surface area contributed by atoms with Crippen molar-refractivity contribution in [1.82, 2.24) is 4.90 Å². The molecule has 1 aliphatic carbocycles. The second-order valence-electron chi connectivity index (χ2n) is 5.57. The molecule has 2 nitrogen and oxygen atoms in total. The van der Waals surface area contributed by atoms with Gasteiger partial charge in [-0.05, 0) is 31.1 Å². The van der Waals surface area contributed by atoms with E-state index in [9.17, 15) is 0 Å². The highest BCUT2D eigenvalue weighted by molar-refractivity contribution is 4.89. The Kier molecular flexibility index (Phi) is 4.04. The van der Waals surface area contributed by atoms with Gasteiger partial charge in [0.15, 0.2) is 0 Å². The Morgan fingerprint density at radius 2 is 1.93 bits per heavy atom. The molecule has 0 aromatic heterocycles. The molecule has 2 heteroatoms. The highest BCUT2D eigenvalue weighted by atomic mass is 15.2. The lowest BCUT2D eigenvalue weighted by Gasteiger charge is -2.21. The van der Waals surface area contributed by atoms with Crippen LogP contribution >= 0.6 is 0 Å². The molecule has 3 unspecified atom stereocenters. The van der Waals surface area contributed by atoms with Gasteiger partial charge in [0.05, 0.1) is 0 Å². The van der Waals surface area contributed by atoms with Gasteiger partial charge in [-0.15, -0.1) is 0 Å². The Morgan fingerprint density at radius 3 is 2.53 bits per heavy atom. The van der Waals surface area contributed by atoms with Crippen molar-refractivity contribution in [2.24, 2.45) is 17.6 Å². The monoisotopic (exact) mass is 210 g/mol. The molecule has 2 N–H and O–H groups in total. The third-order valence-electron chi connectivity index (χ3n) is 4.22. The highest BCUT2D eigenvalue weighted by Crippen LogP contribution is 2.37. The summed E-state index contributed by atoms with van der Waals surface area (Å²) in [5.41, 5.74) is 6.15. The van der Waals surface area contributed by atoms with Gasteiger partial charge in [0, 0.05) is 25.7 Å². The van der Waals surface area contributed by atoms with E-state index in [0.717, 1.165) is 18.4 Å². The average Bonchev–Trinajstić information content (AvgIpc) is 2.74. The Bertz CT molecular complexity index is 181. The third-order valence-corrected chi connectivity index (χ3v) is 4.22. The summed E-state index contributed by atoms with van der Waals surface area (Å²) >= 11 is 0. The van der Waals surface area contributed by atoms with Gasteiger partial charge in [0.25, 0.3) is 0 Å². The summed E-state index contributed by atoms with van der Waals surface area (Å²) < 4.78 is 0. The summed E-state index contributed by atoms with van der Waals surface area (Å²) in [7, 11) is 0. The molecule has 0 aromatic carbocycles. The second-order valence-corrected chi connectivity index (χ2v) is 5.57. The van der Waals surface area contributed by atoms with E-state index in [0.29, 0.717) is 6.04 Å². The van der Waals surface area contributed by atoms with E-state index >= 15 is 0 Å². The molecule has 3 atom stereocenters. The summed E-state index contributed by atoms with van der Waals surface area (Å²) in [6.07, 6.45) is 8.21. The molecule has 1 saturated carbocycles. The minimum absolute atomic E-state index is 0.420. The third kappa shape index (κ3) is 2.94. The predicted octanol–water partition coefficient (Wildman–Crippen LogP) is 2.24. The topological polar surface area (TPSA) is 29.3 Å². The Labute approximate surface area is 94.2 Å². The van der Waals surface area contributed by atoms with Crippen LogP contribution in [0.3, 0.4) is 0 Å². The molecule has 2 aliphatic rings. The van der Waals surface area contributed by atoms with Crippen LogP contribution in [0, 0.1) is 11.8 Å². The number of hydrogen-bond acceptors (Lipinski definition) is 2. The summed E-state index contributed by atoms with van der Waals surface area (Å²) in [5.74, 6) is 2.03. The Hall–Kier alpha value is -0.0800. The number of fused-ring (bicyclic) bond motifs is 1. The van der Waals surface area contributed by atoms with Gasteiger partial charge < -0.3 is 10.6 Å². The molecule has 88 valence electrons. The quantitative estimate of drug-likeness (QED) is 0.754. The molecule has 0 radical (unpaired) electrons. The number of likely N-dealkylation sites (tertiary alicyclic amines) is 1. The fourth-order valence-electron chi connectivity index (χ4n) is 3.37. The van der Waals surface area contributed by atoms with Crippen LogP contribution in [0.1, 0.15) is 45.4 Å². The summed E-state index contributed by atoms with van der Waals surface area (Å²) in [6.45, 7) is 6.06. The number of nitrogens with two attached hydrogens (primary N) is 1. The van der Waals surface area contributed by atoms with Crippen LogP contribution in [-0.2, 0) is 0 Å². The molecule has 0 bridgehead atoms. The minimum Gasteiger partial charge on any atom is -0.327 e. The maximum Gasteiger partial charge on any atom is 0.0167 e. The fraction of sp³-hybridized carbons (Fsp3) is 1.00. The molecule has 1 saturated heterocycles. The molecule has 0 amide bonds. The zero-order valence-corrected chi connectivity index (χ0v) is 10.1. The van der Waals surface area contributed by atoms with Crippen LogP contribution in [0.15, 0.2) is 0 Å². The van der Waals surface area contributed by atoms with Crippen molar-refractivity contribution in [2.45, 2.75) is 51.5 Å². The van der Waals surface area contributed by atoms with Crippen molar-refractivity contribution in [1.29, 1.82) is 0 Å². The lowest BCUT2D eigenvalue weighted by molar-refractivity contribution is 0.283. The maximum absolute atomic E-state index is 6.15. The second kappa shape index (κ2) is 5.31. The molecule has 2 fully saturated rings. The number of rotatable bonds is 5. The molecule has 0 spiro atoms. The Morgan fingerprint density at radius 1 is 1.27 bits per heavy atom. The lowest BCUT2D eigenvalue weighted by Crippen LogP contribution is -2.36. The molecule has 1 aliphatic heterocycles. The van der Waals surface area contributed by atoms with Crippen molar-refractivity contribution in [3.8, 4) is 0 Å². The smallest absolute Gasteiger partial charge is 0.0167 e. The van der Waals surface area contributed by atoms with Gasteiger partial charge in [0.1, 0.15) is 0 Å². The van der Waals surface area contributed by atoms with Gasteiger partial charge in [0.2, 0.25) is 0 Å². The Balaban J connectivity index is 1.68. The predicted molar refractivity (Wildman–Crippen MR) is 64.8 cm³/mol. The average molecular weight is 210 g/mol. The van der Waals surface area contributed by atoms with E-state index in [2.05, 4.69) is 11.8 Å². The zero-order valence-electron chi connectivity index (χ0n) is 10.1. The van der Waals surface area contributed by atoms with Crippen molar-refractivity contribution >= 4 is 0 Å². The van der Waals surface area contributed by atoms with Crippen LogP contribution in [-0.4, -0.2) is 30.6 Å². The number of nitrogens with zero attached hydrogens (tertiary/aromatic N) is 1. The summed E-state index contributed by atoms with van der Waals surface area (Å²) in [5, 5.41) is 0. The van der Waals surface area contributed by atoms with E-state index < -0.39 is 0 Å². The van der Waals surface area contributed by atoms with Crippen molar-refractivity contribution in [3.05, 3.63) is 0 Å². The number of unbranched alkanes of at least 4 members (excludes halogenated alkanes) is 1. The van der Waals surface area contributed by atoms with Crippen molar-refractivity contribution in [3.63, 3.8) is 0 Å². The van der Waals surface area contributed by atoms with E-state index in [1.165, 1.54) is 51.6 Å². The highest BCUT2D eigenvalue weighted by Gasteiger charge is 2.35. The van der Waals surface area contributed by atoms with Crippen molar-refractivity contribution < 1.29 is 0 Å². The number of hydrogen-bond donors (Lipinski definition) is 1. The maximum atomic E-state index is 6.15. The molecular weight excluding hydrogens is 184 g/mol. The summed E-state index contributed by atoms with van der Waals surface area (Å²) in [4.78, 5) is 2.62. The SMILES string of the molecule is CCCCC(N)CN1CC2CCCC2C1. The van der Waals surface area contributed by atoms with Gasteiger partial charge in [-0.2, -0.15) is 0 Å². The van der Waals surface area contributed by atoms with Crippen LogP contribution in [0.4, 0.5) is 0 Å². The van der Waals surface area contributed by atoms with E-state index in [4.69, 9.17) is 5.73 Å². The van der Waals surface area contributed by atoms with Gasteiger partial charge in [-0.1, -0.05) is 26.2 Å². The molecule has 1 heterocycles. The van der Waals surface area contributed by atoms with Crippen molar-refractivity contribution in [2.75, 3.05) is 19.6 Å². The lowest BCUT2D eigenvalue weighted by atomic mass is 10.0. The van der Waals surface area contributed by atoms with Crippen LogP contribution < -0.4 is 5.73 Å². The summed E-state index contributed by atoms with van der Waals surface area (Å²) in [6, 6.07) is 0.420. The standard InChI is InChI=1S/C13H26N2/c1-2-3-7-13(14)10-15-8-11-5-4-6-12(11)9-15/h11-13H,2-10,14H2,1H3. The van der Waals surface area contributed by atoms with E-state index in [1.54, 1.807) is 0 Å². The molecule has 0 aromatic rings. The van der Waals surface area contributed by atoms with E-state index in [-0.39, 0.29) is 0 Å². The van der Waals surface area contributed by atoms with Gasteiger partial charge >= 0.3 is 0 Å². The molecule has 2 rings (SSSR count). The van der Waals surface area contributed by atoms with Gasteiger partial charge in [-0.25, -0.2) is 0 Å². The molecule has 15 heavy (non-hydrogen) atoms. The zero-order chi connectivity index (χ0) is 10.7. The van der Waals surface area contributed by atoms with Crippen LogP contribution in [0.25, 0.3) is 0 Å². The first-order valence-corrected chi connectivity index (χ1v) is 6.77. The normalized spacial score (nSPS) is 33.2. The van der Waals surface area contributed by atoms with Crippen LogP contribution in [0.5, 0.6) is 0 Å².